The number of carbonyl (C=O) groups excluding carboxylic acids is 1. The molecular formula is C13H26N2O. The van der Waals surface area contributed by atoms with Crippen LogP contribution in [0.4, 0.5) is 0 Å². The van der Waals surface area contributed by atoms with Gasteiger partial charge >= 0.3 is 0 Å². The Balaban J connectivity index is 2.50. The second-order valence-corrected chi connectivity index (χ2v) is 5.46. The number of hydrogen-bond donors (Lipinski definition) is 2. The third kappa shape index (κ3) is 3.21. The summed E-state index contributed by atoms with van der Waals surface area (Å²) in [6, 6.07) is 0.282. The summed E-state index contributed by atoms with van der Waals surface area (Å²) < 4.78 is 0. The highest BCUT2D eigenvalue weighted by atomic mass is 16.2. The zero-order valence-corrected chi connectivity index (χ0v) is 11.1. The number of hydrogen-bond acceptors (Lipinski definition) is 2. The first-order chi connectivity index (χ1) is 7.49. The van der Waals surface area contributed by atoms with Gasteiger partial charge < -0.3 is 10.6 Å². The first kappa shape index (κ1) is 13.5. The highest BCUT2D eigenvalue weighted by Crippen LogP contribution is 2.28. The van der Waals surface area contributed by atoms with E-state index in [2.05, 4.69) is 38.3 Å². The molecule has 2 atom stereocenters. The van der Waals surface area contributed by atoms with Crippen LogP contribution in [0.2, 0.25) is 0 Å². The maximum atomic E-state index is 12.2. The maximum Gasteiger partial charge on any atom is 0.226 e. The molecule has 0 radical (unpaired) electrons. The number of amides is 1. The van der Waals surface area contributed by atoms with E-state index in [-0.39, 0.29) is 17.4 Å². The predicted octanol–water partition coefficient (Wildman–Crippen LogP) is 1.93. The van der Waals surface area contributed by atoms with E-state index in [4.69, 9.17) is 0 Å². The predicted molar refractivity (Wildman–Crippen MR) is 67.3 cm³/mol. The molecule has 2 unspecified atom stereocenters. The summed E-state index contributed by atoms with van der Waals surface area (Å²) in [6.07, 6.45) is 3.01. The van der Waals surface area contributed by atoms with Gasteiger partial charge in [0.2, 0.25) is 5.91 Å². The van der Waals surface area contributed by atoms with Gasteiger partial charge in [0.15, 0.2) is 0 Å². The lowest BCUT2D eigenvalue weighted by atomic mass is 9.79. The second kappa shape index (κ2) is 5.67. The third-order valence-electron chi connectivity index (χ3n) is 4.11. The van der Waals surface area contributed by atoms with Gasteiger partial charge in [-0.15, -0.1) is 0 Å². The maximum absolute atomic E-state index is 12.2. The Labute approximate surface area is 99.4 Å². The van der Waals surface area contributed by atoms with Crippen molar-refractivity contribution in [1.29, 1.82) is 0 Å². The molecule has 0 aromatic heterocycles. The standard InChI is InChI=1S/C13H26N2O/c1-5-10(2)11(3)15-12(16)13(4)6-8-14-9-7-13/h10-11,14H,5-9H2,1-4H3,(H,15,16). The first-order valence-corrected chi connectivity index (χ1v) is 6.51. The van der Waals surface area contributed by atoms with Crippen molar-refractivity contribution >= 4 is 5.91 Å². The molecule has 0 saturated carbocycles. The molecule has 2 N–H and O–H groups in total. The van der Waals surface area contributed by atoms with Crippen molar-refractivity contribution in [1.82, 2.24) is 10.6 Å². The average Bonchev–Trinajstić information content (AvgIpc) is 2.28. The van der Waals surface area contributed by atoms with Gasteiger partial charge in [0, 0.05) is 11.5 Å². The lowest BCUT2D eigenvalue weighted by Crippen LogP contribution is -2.49. The van der Waals surface area contributed by atoms with Gasteiger partial charge in [-0.05, 0) is 38.8 Å². The topological polar surface area (TPSA) is 41.1 Å². The fourth-order valence-corrected chi connectivity index (χ4v) is 2.08. The molecule has 0 aromatic rings. The molecule has 1 rings (SSSR count). The second-order valence-electron chi connectivity index (χ2n) is 5.46. The van der Waals surface area contributed by atoms with E-state index in [9.17, 15) is 4.79 Å². The molecule has 0 aliphatic carbocycles. The van der Waals surface area contributed by atoms with Crippen molar-refractivity contribution in [2.75, 3.05) is 13.1 Å². The highest BCUT2D eigenvalue weighted by Gasteiger charge is 2.35. The van der Waals surface area contributed by atoms with Crippen LogP contribution in [-0.4, -0.2) is 25.0 Å². The van der Waals surface area contributed by atoms with Crippen LogP contribution in [0.5, 0.6) is 0 Å². The lowest BCUT2D eigenvalue weighted by Gasteiger charge is -2.34. The SMILES string of the molecule is CCC(C)C(C)NC(=O)C1(C)CCNCC1. The zero-order chi connectivity index (χ0) is 12.2. The molecule has 1 fully saturated rings. The van der Waals surface area contributed by atoms with E-state index in [1.165, 1.54) is 0 Å². The Morgan fingerprint density at radius 2 is 1.94 bits per heavy atom. The molecule has 3 nitrogen and oxygen atoms in total. The summed E-state index contributed by atoms with van der Waals surface area (Å²) in [5, 5.41) is 6.48. The summed E-state index contributed by atoms with van der Waals surface area (Å²) in [5.74, 6) is 0.788. The van der Waals surface area contributed by atoms with Crippen molar-refractivity contribution in [2.24, 2.45) is 11.3 Å². The number of piperidine rings is 1. The van der Waals surface area contributed by atoms with Crippen LogP contribution in [0.25, 0.3) is 0 Å². The molecule has 16 heavy (non-hydrogen) atoms. The largest absolute Gasteiger partial charge is 0.353 e. The van der Waals surface area contributed by atoms with E-state index in [1.54, 1.807) is 0 Å². The van der Waals surface area contributed by atoms with E-state index < -0.39 is 0 Å². The lowest BCUT2D eigenvalue weighted by molar-refractivity contribution is -0.132. The van der Waals surface area contributed by atoms with E-state index in [0.29, 0.717) is 5.92 Å². The number of rotatable bonds is 4. The Kier molecular flexibility index (Phi) is 4.78. The Hall–Kier alpha value is -0.570. The Bertz CT molecular complexity index is 234. The minimum Gasteiger partial charge on any atom is -0.353 e. The van der Waals surface area contributed by atoms with Crippen LogP contribution in [0.1, 0.15) is 47.0 Å². The van der Waals surface area contributed by atoms with Gasteiger partial charge in [0.1, 0.15) is 0 Å². The van der Waals surface area contributed by atoms with E-state index in [1.807, 2.05) is 0 Å². The van der Waals surface area contributed by atoms with Gasteiger partial charge in [0.05, 0.1) is 0 Å². The van der Waals surface area contributed by atoms with Crippen molar-refractivity contribution < 1.29 is 4.79 Å². The molecular weight excluding hydrogens is 200 g/mol. The molecule has 94 valence electrons. The smallest absolute Gasteiger partial charge is 0.226 e. The molecule has 3 heteroatoms. The van der Waals surface area contributed by atoms with E-state index in [0.717, 1.165) is 32.4 Å². The fourth-order valence-electron chi connectivity index (χ4n) is 2.08. The van der Waals surface area contributed by atoms with E-state index >= 15 is 0 Å². The monoisotopic (exact) mass is 226 g/mol. The Morgan fingerprint density at radius 1 is 1.38 bits per heavy atom. The van der Waals surface area contributed by atoms with Crippen LogP contribution in [0, 0.1) is 11.3 Å². The molecule has 0 aromatic carbocycles. The van der Waals surface area contributed by atoms with Crippen LogP contribution in [0.3, 0.4) is 0 Å². The van der Waals surface area contributed by atoms with Crippen molar-refractivity contribution in [2.45, 2.75) is 53.0 Å². The molecule has 1 amide bonds. The Morgan fingerprint density at radius 3 is 2.44 bits per heavy atom. The molecule has 1 saturated heterocycles. The quantitative estimate of drug-likeness (QED) is 0.769. The first-order valence-electron chi connectivity index (χ1n) is 6.51. The van der Waals surface area contributed by atoms with Gasteiger partial charge in [0.25, 0.3) is 0 Å². The summed E-state index contributed by atoms with van der Waals surface area (Å²) in [7, 11) is 0. The van der Waals surface area contributed by atoms with Crippen LogP contribution >= 0.6 is 0 Å². The molecule has 1 aliphatic rings. The van der Waals surface area contributed by atoms with Crippen LogP contribution in [-0.2, 0) is 4.79 Å². The van der Waals surface area contributed by atoms with Crippen molar-refractivity contribution in [3.63, 3.8) is 0 Å². The van der Waals surface area contributed by atoms with Crippen molar-refractivity contribution in [3.8, 4) is 0 Å². The number of nitrogens with one attached hydrogen (secondary N) is 2. The third-order valence-corrected chi connectivity index (χ3v) is 4.11. The summed E-state index contributed by atoms with van der Waals surface area (Å²) >= 11 is 0. The zero-order valence-electron chi connectivity index (χ0n) is 11.1. The molecule has 0 spiro atoms. The van der Waals surface area contributed by atoms with Gasteiger partial charge in [-0.2, -0.15) is 0 Å². The molecule has 1 heterocycles. The van der Waals surface area contributed by atoms with Gasteiger partial charge in [-0.3, -0.25) is 4.79 Å². The highest BCUT2D eigenvalue weighted by molar-refractivity contribution is 5.82. The minimum absolute atomic E-state index is 0.160. The summed E-state index contributed by atoms with van der Waals surface area (Å²) in [5.41, 5.74) is -0.160. The van der Waals surface area contributed by atoms with Gasteiger partial charge in [-0.1, -0.05) is 27.2 Å². The van der Waals surface area contributed by atoms with Gasteiger partial charge in [-0.25, -0.2) is 0 Å². The van der Waals surface area contributed by atoms with Crippen molar-refractivity contribution in [3.05, 3.63) is 0 Å². The van der Waals surface area contributed by atoms with Crippen LogP contribution < -0.4 is 10.6 Å². The normalized spacial score (nSPS) is 23.5. The fraction of sp³-hybridized carbons (Fsp3) is 0.923. The summed E-state index contributed by atoms with van der Waals surface area (Å²) in [4.78, 5) is 12.2. The molecule has 0 bridgehead atoms. The van der Waals surface area contributed by atoms with Crippen LogP contribution in [0.15, 0.2) is 0 Å². The number of carbonyl (C=O) groups is 1. The average molecular weight is 226 g/mol. The molecule has 1 aliphatic heterocycles. The summed E-state index contributed by atoms with van der Waals surface area (Å²) in [6.45, 7) is 10.5. The minimum atomic E-state index is -0.160.